The molecule has 12 rings (SSSR count). The molecule has 0 saturated carbocycles. The van der Waals surface area contributed by atoms with Gasteiger partial charge in [-0.15, -0.1) is 0 Å². The number of carbonyl (C=O) groups is 12. The van der Waals surface area contributed by atoms with E-state index in [-0.39, 0.29) is 168 Å². The van der Waals surface area contributed by atoms with Crippen LogP contribution in [0.15, 0.2) is 72.8 Å². The predicted molar refractivity (Wildman–Crippen MR) is 334 cm³/mol. The topological polar surface area (TPSA) is 261 Å². The molecule has 2 atom stereocenters. The minimum Gasteiger partial charge on any atom is -0.377 e. The lowest BCUT2D eigenvalue weighted by Gasteiger charge is -2.33. The first-order valence-electron chi connectivity index (χ1n) is 31.8. The van der Waals surface area contributed by atoms with Crippen LogP contribution in [-0.4, -0.2) is 192 Å². The summed E-state index contributed by atoms with van der Waals surface area (Å²) < 4.78 is 23.0. The van der Waals surface area contributed by atoms with Gasteiger partial charge in [0.15, 0.2) is 0 Å². The van der Waals surface area contributed by atoms with Gasteiger partial charge in [0, 0.05) is 112 Å². The normalized spacial score (nSPS) is 16.6. The zero-order chi connectivity index (χ0) is 64.8. The molecular weight excluding hydrogens is 1180 g/mol. The van der Waals surface area contributed by atoms with E-state index in [1.165, 1.54) is 58.3 Å². The molecule has 476 valence electrons. The molecule has 0 fully saturated rings. The summed E-state index contributed by atoms with van der Waals surface area (Å²) >= 11 is 0. The number of benzene rings is 6. The van der Waals surface area contributed by atoms with Crippen molar-refractivity contribution >= 4 is 103 Å². The number of hydrogen-bond acceptors (Lipinski definition) is 16. The Kier molecular flexibility index (Phi) is 17.9. The van der Waals surface area contributed by atoms with E-state index in [2.05, 4.69) is 13.8 Å². The molecule has 0 aliphatic carbocycles. The van der Waals surface area contributed by atoms with Crippen LogP contribution in [0.3, 0.4) is 0 Å². The van der Waals surface area contributed by atoms with E-state index in [9.17, 15) is 57.5 Å². The second kappa shape index (κ2) is 26.2. The minimum atomic E-state index is -0.632. The van der Waals surface area contributed by atoms with Gasteiger partial charge in [-0.25, -0.2) is 0 Å². The molecule has 6 aliphatic heterocycles. The van der Waals surface area contributed by atoms with Crippen LogP contribution in [0.1, 0.15) is 203 Å². The quantitative estimate of drug-likeness (QED) is 0.0302. The molecule has 0 spiro atoms. The Bertz CT molecular complexity index is 3720. The Morgan fingerprint density at radius 1 is 0.261 bits per heavy atom. The molecular formula is C70H70N6O16. The molecule has 2 unspecified atom stereocenters. The summed E-state index contributed by atoms with van der Waals surface area (Å²) in [6.07, 6.45) is 7.39. The minimum absolute atomic E-state index is 0.0367. The van der Waals surface area contributed by atoms with Gasteiger partial charge in [0.25, 0.3) is 70.9 Å². The van der Waals surface area contributed by atoms with Gasteiger partial charge in [0.1, 0.15) is 0 Å². The molecule has 0 saturated heterocycles. The Labute approximate surface area is 529 Å². The summed E-state index contributed by atoms with van der Waals surface area (Å²) in [6.45, 7) is 8.39. The summed E-state index contributed by atoms with van der Waals surface area (Å²) in [7, 11) is 0. The van der Waals surface area contributed by atoms with Gasteiger partial charge in [-0.2, -0.15) is 0 Å². The van der Waals surface area contributed by atoms with E-state index in [0.29, 0.717) is 34.6 Å². The highest BCUT2D eigenvalue weighted by Gasteiger charge is 2.44. The second-order valence-electron chi connectivity index (χ2n) is 24.0. The van der Waals surface area contributed by atoms with Crippen LogP contribution in [0, 0.1) is 11.8 Å². The smallest absolute Gasteiger partial charge is 0.261 e. The van der Waals surface area contributed by atoms with Gasteiger partial charge in [0.2, 0.25) is 0 Å². The van der Waals surface area contributed by atoms with Gasteiger partial charge in [-0.05, 0) is 97.5 Å². The number of rotatable bonds is 30. The van der Waals surface area contributed by atoms with E-state index in [0.717, 1.165) is 71.0 Å². The Balaban J connectivity index is 0.581. The van der Waals surface area contributed by atoms with E-state index >= 15 is 0 Å². The zero-order valence-electron chi connectivity index (χ0n) is 51.9. The number of ether oxygens (including phenoxy) is 4. The van der Waals surface area contributed by atoms with Crippen molar-refractivity contribution in [3.05, 3.63) is 140 Å². The molecule has 6 aromatic carbocycles. The maximum atomic E-state index is 13.9. The van der Waals surface area contributed by atoms with Gasteiger partial charge in [-0.1, -0.05) is 66.2 Å². The third-order valence-corrected chi connectivity index (χ3v) is 18.7. The van der Waals surface area contributed by atoms with Crippen molar-refractivity contribution in [1.29, 1.82) is 0 Å². The first-order valence-corrected chi connectivity index (χ1v) is 31.8. The lowest BCUT2D eigenvalue weighted by Crippen LogP contribution is -2.45. The number of carbonyl (C=O) groups excluding carboxylic acids is 12. The first-order chi connectivity index (χ1) is 44.6. The van der Waals surface area contributed by atoms with Crippen LogP contribution in [0.4, 0.5) is 0 Å². The monoisotopic (exact) mass is 1250 g/mol. The standard InChI is InChI=1S/C70H70N6O16/c1-5-9-11-39(7-3)37-75-67(85)49-21-17-45-55-46(18-22-50(57(49)55)68(75)86)64(82)73(63(45)81)27-31-91-35-33-89-29-25-71-59(77)41-13-15-43-54-44(16-14-42(53(41)54)60(71)78)62(80)72(61(43)79)26-30-90-34-36-92-32-28-74-65(83)47-19-23-51-58-52(24-20-48(56(47)58)66(74)84)70(88)76(69(51)87)38-40(8-4)12-10-6-2/h13-24,39-40H,5-12,25-38H2,1-4H3. The fourth-order valence-electron chi connectivity index (χ4n) is 13.7. The van der Waals surface area contributed by atoms with Crippen molar-refractivity contribution in [2.24, 2.45) is 11.8 Å². The van der Waals surface area contributed by atoms with Gasteiger partial charge < -0.3 is 18.9 Å². The molecule has 0 aromatic heterocycles. The van der Waals surface area contributed by atoms with Crippen LogP contribution in [-0.2, 0) is 18.9 Å². The number of unbranched alkanes of at least 4 members (excludes halogenated alkanes) is 2. The number of imide groups is 6. The molecule has 92 heavy (non-hydrogen) atoms. The van der Waals surface area contributed by atoms with Crippen molar-refractivity contribution in [3.63, 3.8) is 0 Å². The molecule has 22 heteroatoms. The molecule has 12 amide bonds. The number of nitrogens with zero attached hydrogens (tertiary/aromatic N) is 6. The van der Waals surface area contributed by atoms with Crippen molar-refractivity contribution in [3.8, 4) is 0 Å². The molecule has 22 nitrogen and oxygen atoms in total. The summed E-state index contributed by atoms with van der Waals surface area (Å²) in [5, 5.41) is 1.63. The molecule has 6 aromatic rings. The summed E-state index contributed by atoms with van der Waals surface area (Å²) in [4.78, 5) is 173. The highest BCUT2D eigenvalue weighted by atomic mass is 16.5. The van der Waals surface area contributed by atoms with Crippen LogP contribution >= 0.6 is 0 Å². The zero-order valence-corrected chi connectivity index (χ0v) is 51.9. The van der Waals surface area contributed by atoms with Crippen LogP contribution in [0.25, 0.3) is 32.3 Å². The maximum Gasteiger partial charge on any atom is 0.261 e. The van der Waals surface area contributed by atoms with Crippen LogP contribution < -0.4 is 0 Å². The van der Waals surface area contributed by atoms with Gasteiger partial charge >= 0.3 is 0 Å². The first kappa shape index (κ1) is 63.0. The number of hydrogen-bond donors (Lipinski definition) is 0. The largest absolute Gasteiger partial charge is 0.377 e. The van der Waals surface area contributed by atoms with Crippen LogP contribution in [0.5, 0.6) is 0 Å². The predicted octanol–water partition coefficient (Wildman–Crippen LogP) is 8.62. The lowest BCUT2D eigenvalue weighted by molar-refractivity contribution is 0.0263. The van der Waals surface area contributed by atoms with E-state index in [1.54, 1.807) is 24.3 Å². The number of amides is 12. The fourth-order valence-corrected chi connectivity index (χ4v) is 13.7. The Hall–Kier alpha value is -9.22. The summed E-state index contributed by atoms with van der Waals surface area (Å²) in [5.74, 6) is -6.30. The average molecular weight is 1250 g/mol. The highest BCUT2D eigenvalue weighted by Crippen LogP contribution is 2.42. The summed E-state index contributed by atoms with van der Waals surface area (Å²) in [5.41, 5.74) is 2.49. The molecule has 0 bridgehead atoms. The fraction of sp³-hybridized carbons (Fsp3) is 0.400. The molecule has 6 aliphatic rings. The van der Waals surface area contributed by atoms with E-state index < -0.39 is 70.9 Å². The van der Waals surface area contributed by atoms with Gasteiger partial charge in [0.05, 0.1) is 79.0 Å². The third-order valence-electron chi connectivity index (χ3n) is 18.7. The highest BCUT2D eigenvalue weighted by molar-refractivity contribution is 6.36. The van der Waals surface area contributed by atoms with Crippen molar-refractivity contribution in [2.45, 2.75) is 79.1 Å². The van der Waals surface area contributed by atoms with E-state index in [1.807, 2.05) is 13.8 Å². The summed E-state index contributed by atoms with van der Waals surface area (Å²) in [6, 6.07) is 18.2. The van der Waals surface area contributed by atoms with Gasteiger partial charge in [-0.3, -0.25) is 86.9 Å². The average Bonchev–Trinajstić information content (AvgIpc) is 0.731. The lowest BCUT2D eigenvalue weighted by atomic mass is 9.85. The van der Waals surface area contributed by atoms with E-state index in [4.69, 9.17) is 18.9 Å². The van der Waals surface area contributed by atoms with Crippen LogP contribution in [0.2, 0.25) is 0 Å². The molecule has 0 radical (unpaired) electrons. The van der Waals surface area contributed by atoms with Crippen molar-refractivity contribution < 1.29 is 76.5 Å². The van der Waals surface area contributed by atoms with Crippen molar-refractivity contribution in [1.82, 2.24) is 29.4 Å². The molecule has 0 N–H and O–H groups in total. The Morgan fingerprint density at radius 2 is 0.435 bits per heavy atom. The molecule has 6 heterocycles. The Morgan fingerprint density at radius 3 is 0.598 bits per heavy atom. The van der Waals surface area contributed by atoms with Crippen molar-refractivity contribution in [2.75, 3.05) is 92.1 Å². The third kappa shape index (κ3) is 10.7. The second-order valence-corrected chi connectivity index (χ2v) is 24.0. The maximum absolute atomic E-state index is 13.9. The SMILES string of the molecule is CCCCC(CC)CN1C(=O)c2ccc3c4c(ccc(c24)C1=O)C(=O)N(CCOCCOCCN1C(=O)c2ccc4c5c(ccc(c25)C1=O)C(=O)N(CCOCCOCCN1C(=O)c2ccc5c6c(ccc(c26)C1=O)C(=O)N(CC(CC)CCCC)C5=O)C4=O)C3=O.